The maximum Gasteiger partial charge on any atom is 0.329 e. The van der Waals surface area contributed by atoms with Gasteiger partial charge in [-0.3, -0.25) is 9.69 Å². The van der Waals surface area contributed by atoms with Crippen LogP contribution in [0.3, 0.4) is 0 Å². The third-order valence-corrected chi connectivity index (χ3v) is 4.81. The number of hydrogen-bond acceptors (Lipinski definition) is 3. The molecule has 3 rings (SSSR count). The van der Waals surface area contributed by atoms with Gasteiger partial charge in [0.25, 0.3) is 5.91 Å². The summed E-state index contributed by atoms with van der Waals surface area (Å²) in [5.41, 5.74) is 0.918. The van der Waals surface area contributed by atoms with Gasteiger partial charge in [0.2, 0.25) is 0 Å². The van der Waals surface area contributed by atoms with E-state index in [2.05, 4.69) is 37.2 Å². The highest BCUT2D eigenvalue weighted by atomic mass is 79.9. The van der Waals surface area contributed by atoms with Crippen molar-refractivity contribution in [3.05, 3.63) is 68.0 Å². The maximum atomic E-state index is 13.7. The molecule has 1 aliphatic rings. The van der Waals surface area contributed by atoms with E-state index in [9.17, 15) is 19.1 Å². The molecule has 5 nitrogen and oxygen atoms in total. The number of rotatable bonds is 3. The Bertz CT molecular complexity index is 892. The minimum Gasteiger partial charge on any atom is -0.506 e. The summed E-state index contributed by atoms with van der Waals surface area (Å²) in [6.45, 7) is -0.155. The molecular weight excluding hydrogens is 459 g/mol. The number of carbonyl (C=O) groups is 2. The van der Waals surface area contributed by atoms with Gasteiger partial charge in [-0.05, 0) is 61.7 Å². The van der Waals surface area contributed by atoms with Crippen LogP contribution in [0.1, 0.15) is 11.1 Å². The molecule has 0 bridgehead atoms. The Morgan fingerprint density at radius 2 is 1.80 bits per heavy atom. The highest BCUT2D eigenvalue weighted by Crippen LogP contribution is 2.34. The minimum absolute atomic E-state index is 0.0325. The van der Waals surface area contributed by atoms with E-state index in [1.54, 1.807) is 18.2 Å². The van der Waals surface area contributed by atoms with Gasteiger partial charge in [-0.25, -0.2) is 9.18 Å². The van der Waals surface area contributed by atoms with Crippen LogP contribution in [-0.4, -0.2) is 21.9 Å². The molecule has 0 unspecified atom stereocenters. The summed E-state index contributed by atoms with van der Waals surface area (Å²) >= 11 is 6.41. The van der Waals surface area contributed by atoms with E-state index in [4.69, 9.17) is 0 Å². The molecule has 0 radical (unpaired) electrons. The van der Waals surface area contributed by atoms with Crippen LogP contribution in [0.4, 0.5) is 9.18 Å². The van der Waals surface area contributed by atoms with E-state index in [1.165, 1.54) is 24.3 Å². The van der Waals surface area contributed by atoms with E-state index in [0.717, 1.165) is 4.90 Å². The zero-order chi connectivity index (χ0) is 18.1. The van der Waals surface area contributed by atoms with Gasteiger partial charge in [-0.2, -0.15) is 0 Å². The molecule has 1 fully saturated rings. The normalized spacial score (nSPS) is 15.8. The number of nitrogens with one attached hydrogen (secondary N) is 1. The zero-order valence-electron chi connectivity index (χ0n) is 12.6. The summed E-state index contributed by atoms with van der Waals surface area (Å²) in [6.07, 6.45) is 1.48. The van der Waals surface area contributed by atoms with Crippen molar-refractivity contribution >= 4 is 49.9 Å². The number of imide groups is 1. The minimum atomic E-state index is -0.614. The van der Waals surface area contributed by atoms with Crippen LogP contribution in [0.2, 0.25) is 0 Å². The Hall–Kier alpha value is -2.19. The molecule has 2 N–H and O–H groups in total. The number of hydrogen-bond donors (Lipinski definition) is 2. The topological polar surface area (TPSA) is 69.6 Å². The first kappa shape index (κ1) is 17.6. The number of urea groups is 1. The lowest BCUT2D eigenvalue weighted by atomic mass is 10.1. The van der Waals surface area contributed by atoms with Crippen LogP contribution < -0.4 is 5.32 Å². The molecule has 2 aromatic carbocycles. The molecule has 8 heteroatoms. The first-order valence-electron chi connectivity index (χ1n) is 7.13. The van der Waals surface area contributed by atoms with Gasteiger partial charge in [0.1, 0.15) is 17.3 Å². The van der Waals surface area contributed by atoms with Gasteiger partial charge in [-0.15, -0.1) is 0 Å². The Labute approximate surface area is 159 Å². The number of phenols is 1. The second kappa shape index (κ2) is 6.97. The van der Waals surface area contributed by atoms with Crippen molar-refractivity contribution in [3.8, 4) is 5.75 Å². The van der Waals surface area contributed by atoms with Crippen molar-refractivity contribution < 1.29 is 19.1 Å². The SMILES string of the molecule is O=C1N/C(=C\c2cc(Br)c(O)c(Br)c2)C(=O)N1Cc1ccccc1F. The van der Waals surface area contributed by atoms with Crippen molar-refractivity contribution in [1.82, 2.24) is 10.2 Å². The van der Waals surface area contributed by atoms with Gasteiger partial charge >= 0.3 is 6.03 Å². The number of nitrogens with zero attached hydrogens (tertiary/aromatic N) is 1. The molecule has 3 amide bonds. The number of halogens is 3. The highest BCUT2D eigenvalue weighted by molar-refractivity contribution is 9.11. The van der Waals surface area contributed by atoms with Gasteiger partial charge in [0.05, 0.1) is 15.5 Å². The van der Waals surface area contributed by atoms with Crippen LogP contribution in [0.15, 0.2) is 51.0 Å². The van der Waals surface area contributed by atoms with Crippen LogP contribution in [-0.2, 0) is 11.3 Å². The molecule has 2 aromatic rings. The van der Waals surface area contributed by atoms with Crippen molar-refractivity contribution in [3.63, 3.8) is 0 Å². The van der Waals surface area contributed by atoms with Gasteiger partial charge < -0.3 is 10.4 Å². The van der Waals surface area contributed by atoms with Gasteiger partial charge in [-0.1, -0.05) is 18.2 Å². The summed E-state index contributed by atoms with van der Waals surface area (Å²) in [4.78, 5) is 25.5. The molecule has 1 heterocycles. The molecule has 1 saturated heterocycles. The molecule has 128 valence electrons. The Morgan fingerprint density at radius 3 is 2.44 bits per heavy atom. The molecule has 0 aliphatic carbocycles. The summed E-state index contributed by atoms with van der Waals surface area (Å²) in [7, 11) is 0. The Kier molecular flexibility index (Phi) is 4.91. The van der Waals surface area contributed by atoms with E-state index in [-0.39, 0.29) is 23.6 Å². The van der Waals surface area contributed by atoms with Crippen molar-refractivity contribution in [2.45, 2.75) is 6.54 Å². The maximum absolute atomic E-state index is 13.7. The van der Waals surface area contributed by atoms with Crippen LogP contribution in [0.5, 0.6) is 5.75 Å². The van der Waals surface area contributed by atoms with Crippen molar-refractivity contribution in [2.75, 3.05) is 0 Å². The van der Waals surface area contributed by atoms with Crippen molar-refractivity contribution in [2.24, 2.45) is 0 Å². The summed E-state index contributed by atoms with van der Waals surface area (Å²) in [5, 5.41) is 12.2. The number of carbonyl (C=O) groups excluding carboxylic acids is 2. The summed E-state index contributed by atoms with van der Waals surface area (Å²) in [5.74, 6) is -0.995. The smallest absolute Gasteiger partial charge is 0.329 e. The molecular formula is C17H11Br2FN2O3. The molecule has 0 spiro atoms. The fourth-order valence-corrected chi connectivity index (χ4v) is 3.57. The average Bonchev–Trinajstić information content (AvgIpc) is 2.82. The summed E-state index contributed by atoms with van der Waals surface area (Å²) in [6, 6.07) is 8.56. The quantitative estimate of drug-likeness (QED) is 0.524. The molecule has 1 aliphatic heterocycles. The molecule has 0 saturated carbocycles. The molecule has 0 atom stereocenters. The number of amides is 3. The number of phenolic OH excluding ortho intramolecular Hbond substituents is 1. The predicted molar refractivity (Wildman–Crippen MR) is 97.0 cm³/mol. The third kappa shape index (κ3) is 3.59. The zero-order valence-corrected chi connectivity index (χ0v) is 15.8. The average molecular weight is 470 g/mol. The van der Waals surface area contributed by atoms with E-state index >= 15 is 0 Å². The fourth-order valence-electron chi connectivity index (χ4n) is 2.35. The van der Waals surface area contributed by atoms with Crippen LogP contribution >= 0.6 is 31.9 Å². The second-order valence-electron chi connectivity index (χ2n) is 5.30. The second-order valence-corrected chi connectivity index (χ2v) is 7.01. The Morgan fingerprint density at radius 1 is 1.16 bits per heavy atom. The lowest BCUT2D eigenvalue weighted by Crippen LogP contribution is -2.30. The number of aromatic hydroxyl groups is 1. The lowest BCUT2D eigenvalue weighted by Gasteiger charge is -2.12. The van der Waals surface area contributed by atoms with Gasteiger partial charge in [0, 0.05) is 5.56 Å². The standard InChI is InChI=1S/C17H11Br2FN2O3/c18-11-5-9(6-12(19)15(11)23)7-14-16(24)22(17(25)21-14)8-10-3-1-2-4-13(10)20/h1-7,23H,8H2,(H,21,25)/b14-7-. The largest absolute Gasteiger partial charge is 0.506 e. The molecule has 25 heavy (non-hydrogen) atoms. The van der Waals surface area contributed by atoms with Crippen LogP contribution in [0, 0.1) is 5.82 Å². The van der Waals surface area contributed by atoms with Gasteiger partial charge in [0.15, 0.2) is 0 Å². The molecule has 0 aromatic heterocycles. The fraction of sp³-hybridized carbons (Fsp3) is 0.0588. The first-order chi connectivity index (χ1) is 11.9. The predicted octanol–water partition coefficient (Wildman–Crippen LogP) is 4.15. The Balaban J connectivity index is 1.87. The first-order valence-corrected chi connectivity index (χ1v) is 8.71. The highest BCUT2D eigenvalue weighted by Gasteiger charge is 2.34. The van der Waals surface area contributed by atoms with Crippen molar-refractivity contribution in [1.29, 1.82) is 0 Å². The van der Waals surface area contributed by atoms with E-state index < -0.39 is 17.8 Å². The van der Waals surface area contributed by atoms with Crippen LogP contribution in [0.25, 0.3) is 6.08 Å². The third-order valence-electron chi connectivity index (χ3n) is 3.60. The summed E-state index contributed by atoms with van der Waals surface area (Å²) < 4.78 is 14.6. The van der Waals surface area contributed by atoms with E-state index in [1.807, 2.05) is 0 Å². The monoisotopic (exact) mass is 468 g/mol. The lowest BCUT2D eigenvalue weighted by molar-refractivity contribution is -0.123. The van der Waals surface area contributed by atoms with E-state index in [0.29, 0.717) is 14.5 Å². The number of benzene rings is 2.